The van der Waals surface area contributed by atoms with Crippen molar-refractivity contribution in [1.29, 1.82) is 0 Å². The summed E-state index contributed by atoms with van der Waals surface area (Å²) in [4.78, 5) is 23.7. The number of hydrogen-bond acceptors (Lipinski definition) is 3. The molecule has 0 fully saturated rings. The second-order valence-corrected chi connectivity index (χ2v) is 3.44. The van der Waals surface area contributed by atoms with Gasteiger partial charge in [0.2, 0.25) is 5.91 Å². The van der Waals surface area contributed by atoms with Crippen LogP contribution in [0.2, 0.25) is 0 Å². The summed E-state index contributed by atoms with van der Waals surface area (Å²) in [6.45, 7) is 7.35. The van der Waals surface area contributed by atoms with Gasteiger partial charge in [0, 0.05) is 19.6 Å². The molecule has 0 bridgehead atoms. The van der Waals surface area contributed by atoms with Crippen LogP contribution in [0.1, 0.15) is 20.8 Å². The fraction of sp³-hybridized carbons (Fsp3) is 0.800. The normalized spacial score (nSPS) is 12.2. The molecule has 0 saturated heterocycles. The van der Waals surface area contributed by atoms with Crippen LogP contribution < -0.4 is 5.32 Å². The number of carbonyl (C=O) groups is 2. The minimum atomic E-state index is -0.849. The Balaban J connectivity index is 3.76. The van der Waals surface area contributed by atoms with Gasteiger partial charge in [0.05, 0.1) is 12.5 Å². The molecule has 88 valence electrons. The van der Waals surface area contributed by atoms with Crippen molar-refractivity contribution in [3.8, 4) is 0 Å². The van der Waals surface area contributed by atoms with Crippen molar-refractivity contribution in [1.82, 2.24) is 10.2 Å². The first kappa shape index (κ1) is 13.9. The van der Waals surface area contributed by atoms with Crippen molar-refractivity contribution < 1.29 is 14.7 Å². The van der Waals surface area contributed by atoms with Crippen molar-refractivity contribution in [3.63, 3.8) is 0 Å². The fourth-order valence-electron chi connectivity index (χ4n) is 1.17. The molecule has 0 radical (unpaired) electrons. The maximum Gasteiger partial charge on any atom is 0.307 e. The van der Waals surface area contributed by atoms with Gasteiger partial charge >= 0.3 is 5.97 Å². The Kier molecular flexibility index (Phi) is 6.70. The van der Waals surface area contributed by atoms with E-state index in [4.69, 9.17) is 5.11 Å². The van der Waals surface area contributed by atoms with Crippen LogP contribution in [0.3, 0.4) is 0 Å². The molecule has 2 N–H and O–H groups in total. The second kappa shape index (κ2) is 7.23. The first-order valence-electron chi connectivity index (χ1n) is 5.24. The molecule has 0 aromatic heterocycles. The third-order valence-electron chi connectivity index (χ3n) is 2.26. The van der Waals surface area contributed by atoms with Gasteiger partial charge in [-0.05, 0) is 13.8 Å². The minimum Gasteiger partial charge on any atom is -0.481 e. The summed E-state index contributed by atoms with van der Waals surface area (Å²) < 4.78 is 0. The highest BCUT2D eigenvalue weighted by atomic mass is 16.4. The first-order valence-corrected chi connectivity index (χ1v) is 5.24. The zero-order valence-corrected chi connectivity index (χ0v) is 9.62. The van der Waals surface area contributed by atoms with E-state index in [1.54, 1.807) is 11.8 Å². The number of amides is 1. The second-order valence-electron chi connectivity index (χ2n) is 3.44. The molecule has 0 aromatic rings. The quantitative estimate of drug-likeness (QED) is 0.636. The van der Waals surface area contributed by atoms with Gasteiger partial charge in [-0.2, -0.15) is 0 Å². The van der Waals surface area contributed by atoms with E-state index in [0.29, 0.717) is 19.6 Å². The molecule has 1 unspecified atom stereocenters. The Bertz CT molecular complexity index is 215. The lowest BCUT2D eigenvalue weighted by Gasteiger charge is -2.19. The number of nitrogens with zero attached hydrogens (tertiary/aromatic N) is 1. The van der Waals surface area contributed by atoms with Crippen molar-refractivity contribution in [2.24, 2.45) is 5.92 Å². The van der Waals surface area contributed by atoms with E-state index in [1.807, 2.05) is 13.8 Å². The van der Waals surface area contributed by atoms with Crippen LogP contribution in [-0.4, -0.2) is 48.1 Å². The van der Waals surface area contributed by atoms with Crippen molar-refractivity contribution in [2.45, 2.75) is 20.8 Å². The maximum absolute atomic E-state index is 11.5. The Labute approximate surface area is 90.5 Å². The van der Waals surface area contributed by atoms with Gasteiger partial charge in [-0.25, -0.2) is 0 Å². The highest BCUT2D eigenvalue weighted by Crippen LogP contribution is 1.92. The van der Waals surface area contributed by atoms with Crippen molar-refractivity contribution in [3.05, 3.63) is 0 Å². The number of hydrogen-bond donors (Lipinski definition) is 2. The van der Waals surface area contributed by atoms with E-state index in [1.165, 1.54) is 0 Å². The molecule has 1 atom stereocenters. The largest absolute Gasteiger partial charge is 0.481 e. The summed E-state index contributed by atoms with van der Waals surface area (Å²) in [5, 5.41) is 11.5. The molecule has 0 aliphatic rings. The highest BCUT2D eigenvalue weighted by Gasteiger charge is 2.12. The fourth-order valence-corrected chi connectivity index (χ4v) is 1.17. The molecule has 5 nitrogen and oxygen atoms in total. The number of aliphatic carboxylic acids is 1. The third-order valence-corrected chi connectivity index (χ3v) is 2.26. The highest BCUT2D eigenvalue weighted by molar-refractivity contribution is 5.78. The molecule has 0 heterocycles. The summed E-state index contributed by atoms with van der Waals surface area (Å²) >= 11 is 0. The molecule has 1 amide bonds. The van der Waals surface area contributed by atoms with E-state index in [0.717, 1.165) is 0 Å². The molecule has 5 heteroatoms. The average Bonchev–Trinajstić information content (AvgIpc) is 2.19. The van der Waals surface area contributed by atoms with Crippen LogP contribution in [0.15, 0.2) is 0 Å². The number of carbonyl (C=O) groups excluding carboxylic acids is 1. The van der Waals surface area contributed by atoms with E-state index >= 15 is 0 Å². The van der Waals surface area contributed by atoms with E-state index in [2.05, 4.69) is 5.32 Å². The SMILES string of the molecule is CCN(CC)C(=O)CNCC(C)C(=O)O. The first-order chi connectivity index (χ1) is 7.02. The summed E-state index contributed by atoms with van der Waals surface area (Å²) in [5.74, 6) is -1.30. The Morgan fingerprint density at radius 1 is 1.33 bits per heavy atom. The molecule has 0 spiro atoms. The molecule has 0 saturated carbocycles. The van der Waals surface area contributed by atoms with Crippen molar-refractivity contribution in [2.75, 3.05) is 26.2 Å². The zero-order valence-electron chi connectivity index (χ0n) is 9.62. The van der Waals surface area contributed by atoms with E-state index in [-0.39, 0.29) is 12.5 Å². The number of carboxylic acids is 1. The zero-order chi connectivity index (χ0) is 11.8. The standard InChI is InChI=1S/C10H20N2O3/c1-4-12(5-2)9(13)7-11-6-8(3)10(14)15/h8,11H,4-7H2,1-3H3,(H,14,15). The van der Waals surface area contributed by atoms with Gasteiger partial charge in [0.1, 0.15) is 0 Å². The number of carboxylic acid groups (broad SMARTS) is 1. The lowest BCUT2D eigenvalue weighted by molar-refractivity contribution is -0.141. The van der Waals surface area contributed by atoms with E-state index in [9.17, 15) is 9.59 Å². The maximum atomic E-state index is 11.5. The summed E-state index contributed by atoms with van der Waals surface area (Å²) in [6.07, 6.45) is 0. The van der Waals surface area contributed by atoms with Crippen molar-refractivity contribution >= 4 is 11.9 Å². The van der Waals surface area contributed by atoms with Gasteiger partial charge in [-0.1, -0.05) is 6.92 Å². The van der Waals surface area contributed by atoms with Crippen LogP contribution in [0.25, 0.3) is 0 Å². The molecular formula is C10H20N2O3. The smallest absolute Gasteiger partial charge is 0.307 e. The summed E-state index contributed by atoms with van der Waals surface area (Å²) in [7, 11) is 0. The Morgan fingerprint density at radius 3 is 2.27 bits per heavy atom. The van der Waals surface area contributed by atoms with Crippen LogP contribution in [0.5, 0.6) is 0 Å². The van der Waals surface area contributed by atoms with Gasteiger partial charge in [-0.15, -0.1) is 0 Å². The molecule has 0 rings (SSSR count). The average molecular weight is 216 g/mol. The Hall–Kier alpha value is -1.10. The molecule has 0 aliphatic heterocycles. The number of nitrogens with one attached hydrogen (secondary N) is 1. The molecule has 0 aromatic carbocycles. The van der Waals surface area contributed by atoms with Crippen LogP contribution >= 0.6 is 0 Å². The minimum absolute atomic E-state index is 0.0117. The third kappa shape index (κ3) is 5.37. The van der Waals surface area contributed by atoms with Gasteiger partial charge in [0.25, 0.3) is 0 Å². The summed E-state index contributed by atoms with van der Waals surface area (Å²) in [6, 6.07) is 0. The lowest BCUT2D eigenvalue weighted by Crippen LogP contribution is -2.39. The topological polar surface area (TPSA) is 69.6 Å². The summed E-state index contributed by atoms with van der Waals surface area (Å²) in [5.41, 5.74) is 0. The predicted molar refractivity (Wildman–Crippen MR) is 57.6 cm³/mol. The van der Waals surface area contributed by atoms with Gasteiger partial charge in [-0.3, -0.25) is 9.59 Å². The molecular weight excluding hydrogens is 196 g/mol. The van der Waals surface area contributed by atoms with Gasteiger partial charge < -0.3 is 15.3 Å². The number of rotatable bonds is 7. The Morgan fingerprint density at radius 2 is 1.87 bits per heavy atom. The van der Waals surface area contributed by atoms with Crippen LogP contribution in [0.4, 0.5) is 0 Å². The monoisotopic (exact) mass is 216 g/mol. The van der Waals surface area contributed by atoms with Crippen LogP contribution in [0, 0.1) is 5.92 Å². The predicted octanol–water partition coefficient (Wildman–Crippen LogP) is 0.165. The van der Waals surface area contributed by atoms with Crippen LogP contribution in [-0.2, 0) is 9.59 Å². The molecule has 0 aliphatic carbocycles. The van der Waals surface area contributed by atoms with Gasteiger partial charge in [0.15, 0.2) is 0 Å². The number of likely N-dealkylation sites (N-methyl/N-ethyl adjacent to an activating group) is 1. The lowest BCUT2D eigenvalue weighted by atomic mass is 10.2. The van der Waals surface area contributed by atoms with E-state index < -0.39 is 11.9 Å². The molecule has 15 heavy (non-hydrogen) atoms.